The van der Waals surface area contributed by atoms with E-state index in [9.17, 15) is 4.79 Å². The van der Waals surface area contributed by atoms with Gasteiger partial charge >= 0.3 is 0 Å². The van der Waals surface area contributed by atoms with Crippen molar-refractivity contribution in [1.29, 1.82) is 0 Å². The topological polar surface area (TPSA) is 32.3 Å². The smallest absolute Gasteiger partial charge is 0.260 e. The summed E-state index contributed by atoms with van der Waals surface area (Å²) >= 11 is 6.03. The molecule has 0 spiro atoms. The molecule has 0 aliphatic carbocycles. The van der Waals surface area contributed by atoms with Gasteiger partial charge in [0.2, 0.25) is 0 Å². The minimum atomic E-state index is -0.264. The number of halogens is 1. The predicted molar refractivity (Wildman–Crippen MR) is 107 cm³/mol. The van der Waals surface area contributed by atoms with Crippen LogP contribution in [-0.4, -0.2) is 5.91 Å². The van der Waals surface area contributed by atoms with Crippen molar-refractivity contribution in [1.82, 2.24) is 0 Å². The van der Waals surface area contributed by atoms with E-state index < -0.39 is 0 Å². The molecule has 0 radical (unpaired) electrons. The van der Waals surface area contributed by atoms with Crippen LogP contribution in [0.4, 0.5) is 11.4 Å². The monoisotopic (exact) mass is 362 g/mol. The van der Waals surface area contributed by atoms with Crippen LogP contribution in [0.1, 0.15) is 33.2 Å². The number of nitrogens with one attached hydrogen (secondary N) is 1. The van der Waals surface area contributed by atoms with Crippen LogP contribution in [-0.2, 0) is 0 Å². The van der Waals surface area contributed by atoms with E-state index in [1.54, 1.807) is 4.90 Å². The summed E-state index contributed by atoms with van der Waals surface area (Å²) in [5, 5.41) is 4.22. The number of nitrogens with zero attached hydrogens (tertiary/aromatic N) is 1. The molecule has 4 heteroatoms. The Morgan fingerprint density at radius 3 is 2.46 bits per heavy atom. The highest BCUT2D eigenvalue weighted by Crippen LogP contribution is 2.38. The van der Waals surface area contributed by atoms with Gasteiger partial charge in [0.25, 0.3) is 5.91 Å². The molecule has 3 aromatic carbocycles. The van der Waals surface area contributed by atoms with Crippen LogP contribution in [0.3, 0.4) is 0 Å². The largest absolute Gasteiger partial charge is 0.361 e. The fourth-order valence-electron chi connectivity index (χ4n) is 3.37. The molecular weight excluding hydrogens is 344 g/mol. The molecular formula is C22H19ClN2O. The zero-order chi connectivity index (χ0) is 18.3. The zero-order valence-corrected chi connectivity index (χ0v) is 15.4. The maximum Gasteiger partial charge on any atom is 0.260 e. The normalized spacial score (nSPS) is 15.9. The average molecular weight is 363 g/mol. The summed E-state index contributed by atoms with van der Waals surface area (Å²) in [4.78, 5) is 14.9. The van der Waals surface area contributed by atoms with Crippen molar-refractivity contribution in [3.05, 3.63) is 94.0 Å². The number of hydrogen-bond donors (Lipinski definition) is 1. The Labute approximate surface area is 158 Å². The second-order valence-corrected chi connectivity index (χ2v) is 7.04. The van der Waals surface area contributed by atoms with E-state index in [1.165, 1.54) is 5.56 Å². The van der Waals surface area contributed by atoms with Crippen molar-refractivity contribution in [2.45, 2.75) is 20.0 Å². The first-order valence-corrected chi connectivity index (χ1v) is 8.94. The SMILES string of the molecule is Cc1ccc(C)c(N[C@@H]2c3ccccc3C(=O)N2c2ccc(Cl)cc2)c1. The molecule has 0 bridgehead atoms. The number of rotatable bonds is 3. The first-order chi connectivity index (χ1) is 12.5. The Morgan fingerprint density at radius 2 is 1.69 bits per heavy atom. The van der Waals surface area contributed by atoms with E-state index in [0.29, 0.717) is 5.02 Å². The minimum Gasteiger partial charge on any atom is -0.361 e. The van der Waals surface area contributed by atoms with Gasteiger partial charge in [0.1, 0.15) is 6.17 Å². The Bertz CT molecular complexity index is 982. The highest BCUT2D eigenvalue weighted by atomic mass is 35.5. The molecule has 3 nitrogen and oxygen atoms in total. The molecule has 4 rings (SSSR count). The fraction of sp³-hybridized carbons (Fsp3) is 0.136. The molecule has 1 aliphatic rings. The van der Waals surface area contributed by atoms with Gasteiger partial charge in [-0.3, -0.25) is 9.69 Å². The van der Waals surface area contributed by atoms with Crippen LogP contribution >= 0.6 is 11.6 Å². The molecule has 0 fully saturated rings. The third-order valence-electron chi connectivity index (χ3n) is 4.75. The van der Waals surface area contributed by atoms with Crippen molar-refractivity contribution in [2.24, 2.45) is 0 Å². The van der Waals surface area contributed by atoms with Gasteiger partial charge in [-0.05, 0) is 61.4 Å². The van der Waals surface area contributed by atoms with Gasteiger partial charge < -0.3 is 5.32 Å². The number of anilines is 2. The molecule has 0 unspecified atom stereocenters. The third kappa shape index (κ3) is 2.85. The van der Waals surface area contributed by atoms with Gasteiger partial charge in [0.15, 0.2) is 0 Å². The third-order valence-corrected chi connectivity index (χ3v) is 5.00. The summed E-state index contributed by atoms with van der Waals surface area (Å²) in [6.45, 7) is 4.13. The van der Waals surface area contributed by atoms with Crippen LogP contribution < -0.4 is 10.2 Å². The van der Waals surface area contributed by atoms with E-state index in [-0.39, 0.29) is 12.1 Å². The summed E-state index contributed by atoms with van der Waals surface area (Å²) < 4.78 is 0. The standard InChI is InChI=1S/C22H19ClN2O/c1-14-7-8-15(2)20(13-14)24-21-18-5-3-4-6-19(18)22(26)25(21)17-11-9-16(23)10-12-17/h3-13,21,24H,1-2H3/t21-/m0/s1. The Morgan fingerprint density at radius 1 is 0.962 bits per heavy atom. The number of amides is 1. The van der Waals surface area contributed by atoms with E-state index in [0.717, 1.165) is 28.1 Å². The summed E-state index contributed by atoms with van der Waals surface area (Å²) in [6.07, 6.45) is -0.264. The summed E-state index contributed by atoms with van der Waals surface area (Å²) in [5.74, 6) is -0.00858. The Hall–Kier alpha value is -2.78. The lowest BCUT2D eigenvalue weighted by molar-refractivity contribution is 0.0993. The molecule has 130 valence electrons. The van der Waals surface area contributed by atoms with Crippen LogP contribution in [0.5, 0.6) is 0 Å². The van der Waals surface area contributed by atoms with E-state index in [2.05, 4.69) is 37.4 Å². The van der Waals surface area contributed by atoms with E-state index in [4.69, 9.17) is 11.6 Å². The molecule has 1 N–H and O–H groups in total. The first kappa shape index (κ1) is 16.7. The molecule has 0 aromatic heterocycles. The summed E-state index contributed by atoms with van der Waals surface area (Å²) in [6, 6.07) is 21.4. The molecule has 1 heterocycles. The lowest BCUT2D eigenvalue weighted by Crippen LogP contribution is -2.32. The van der Waals surface area contributed by atoms with Gasteiger partial charge in [0, 0.05) is 27.5 Å². The van der Waals surface area contributed by atoms with E-state index >= 15 is 0 Å². The number of benzene rings is 3. The highest BCUT2D eigenvalue weighted by Gasteiger charge is 2.37. The lowest BCUT2D eigenvalue weighted by Gasteiger charge is -2.28. The van der Waals surface area contributed by atoms with Crippen molar-refractivity contribution in [3.63, 3.8) is 0 Å². The first-order valence-electron chi connectivity index (χ1n) is 8.56. The number of hydrogen-bond acceptors (Lipinski definition) is 2. The number of aryl methyl sites for hydroxylation is 2. The maximum absolute atomic E-state index is 13.1. The van der Waals surface area contributed by atoms with Crippen LogP contribution in [0.15, 0.2) is 66.7 Å². The van der Waals surface area contributed by atoms with Crippen LogP contribution in [0.2, 0.25) is 5.02 Å². The van der Waals surface area contributed by atoms with Crippen LogP contribution in [0, 0.1) is 13.8 Å². The second-order valence-electron chi connectivity index (χ2n) is 6.60. The van der Waals surface area contributed by atoms with E-state index in [1.807, 2.05) is 48.5 Å². The van der Waals surface area contributed by atoms with Gasteiger partial charge in [-0.1, -0.05) is 41.9 Å². The maximum atomic E-state index is 13.1. The number of fused-ring (bicyclic) bond motifs is 1. The molecule has 1 aliphatic heterocycles. The molecule has 26 heavy (non-hydrogen) atoms. The minimum absolute atomic E-state index is 0.00858. The number of carbonyl (C=O) groups is 1. The molecule has 1 amide bonds. The highest BCUT2D eigenvalue weighted by molar-refractivity contribution is 6.30. The molecule has 1 atom stereocenters. The summed E-state index contributed by atoms with van der Waals surface area (Å²) in [5.41, 5.74) is 5.87. The van der Waals surface area contributed by atoms with Crippen molar-refractivity contribution in [3.8, 4) is 0 Å². The Balaban J connectivity index is 1.80. The van der Waals surface area contributed by atoms with Crippen molar-refractivity contribution >= 4 is 28.9 Å². The summed E-state index contributed by atoms with van der Waals surface area (Å²) in [7, 11) is 0. The second kappa shape index (κ2) is 6.50. The predicted octanol–water partition coefficient (Wildman–Crippen LogP) is 5.73. The van der Waals surface area contributed by atoms with Crippen LogP contribution in [0.25, 0.3) is 0 Å². The molecule has 0 saturated heterocycles. The van der Waals surface area contributed by atoms with Crippen molar-refractivity contribution in [2.75, 3.05) is 10.2 Å². The average Bonchev–Trinajstić information content (AvgIpc) is 2.92. The molecule has 0 saturated carbocycles. The van der Waals surface area contributed by atoms with Crippen molar-refractivity contribution < 1.29 is 4.79 Å². The quantitative estimate of drug-likeness (QED) is 0.645. The fourth-order valence-corrected chi connectivity index (χ4v) is 3.49. The zero-order valence-electron chi connectivity index (χ0n) is 14.7. The van der Waals surface area contributed by atoms with Gasteiger partial charge in [-0.15, -0.1) is 0 Å². The lowest BCUT2D eigenvalue weighted by atomic mass is 10.1. The molecule has 3 aromatic rings. The Kier molecular flexibility index (Phi) is 4.17. The van der Waals surface area contributed by atoms with Gasteiger partial charge in [0.05, 0.1) is 0 Å². The van der Waals surface area contributed by atoms with Gasteiger partial charge in [-0.2, -0.15) is 0 Å². The number of carbonyl (C=O) groups excluding carboxylic acids is 1. The van der Waals surface area contributed by atoms with Gasteiger partial charge in [-0.25, -0.2) is 0 Å².